The summed E-state index contributed by atoms with van der Waals surface area (Å²) < 4.78 is 5.56. The topological polar surface area (TPSA) is 34.2 Å². The summed E-state index contributed by atoms with van der Waals surface area (Å²) in [5.74, 6) is 0. The van der Waals surface area contributed by atoms with Crippen LogP contribution in [-0.4, -0.2) is 24.7 Å². The van der Waals surface area contributed by atoms with Gasteiger partial charge in [0.15, 0.2) is 0 Å². The van der Waals surface area contributed by atoms with Crippen LogP contribution in [0, 0.1) is 0 Å². The maximum atomic E-state index is 5.56. The number of nitrogens with zero attached hydrogens (tertiary/aromatic N) is 1. The summed E-state index contributed by atoms with van der Waals surface area (Å²) in [6.07, 6.45) is 6.37. The molecule has 1 fully saturated rings. The minimum atomic E-state index is 0.0701. The molecule has 0 bridgehead atoms. The van der Waals surface area contributed by atoms with Crippen molar-refractivity contribution in [1.82, 2.24) is 10.3 Å². The molecular formula is C12H20N2OS. The fraction of sp³-hybridized carbons (Fsp3) is 0.750. The van der Waals surface area contributed by atoms with Crippen LogP contribution in [0.4, 0.5) is 0 Å². The number of rotatable bonds is 4. The molecule has 1 N–H and O–H groups in total. The predicted octanol–water partition coefficient (Wildman–Crippen LogP) is 2.54. The second-order valence-corrected chi connectivity index (χ2v) is 5.21. The van der Waals surface area contributed by atoms with Crippen molar-refractivity contribution in [3.63, 3.8) is 0 Å². The van der Waals surface area contributed by atoms with Crippen molar-refractivity contribution in [3.05, 3.63) is 16.6 Å². The Morgan fingerprint density at radius 1 is 1.50 bits per heavy atom. The first-order chi connectivity index (χ1) is 7.87. The van der Waals surface area contributed by atoms with Gasteiger partial charge in [-0.05, 0) is 32.2 Å². The molecule has 1 atom stereocenters. The molecule has 0 radical (unpaired) electrons. The van der Waals surface area contributed by atoms with Crippen LogP contribution in [0.1, 0.15) is 37.6 Å². The lowest BCUT2D eigenvalue weighted by Crippen LogP contribution is -2.43. The van der Waals surface area contributed by atoms with Gasteiger partial charge in [-0.3, -0.25) is 0 Å². The van der Waals surface area contributed by atoms with Crippen LogP contribution in [0.2, 0.25) is 0 Å². The number of hydrogen-bond acceptors (Lipinski definition) is 4. The van der Waals surface area contributed by atoms with Gasteiger partial charge < -0.3 is 10.1 Å². The van der Waals surface area contributed by atoms with Gasteiger partial charge in [-0.25, -0.2) is 4.98 Å². The number of hydrogen-bond donors (Lipinski definition) is 1. The van der Waals surface area contributed by atoms with Crippen LogP contribution in [0.25, 0.3) is 0 Å². The van der Waals surface area contributed by atoms with Crippen LogP contribution >= 0.6 is 11.3 Å². The first-order valence-electron chi connectivity index (χ1n) is 6.10. The smallest absolute Gasteiger partial charge is 0.113 e. The van der Waals surface area contributed by atoms with Gasteiger partial charge in [0.2, 0.25) is 0 Å². The molecule has 1 aromatic heterocycles. The average molecular weight is 240 g/mol. The standard InChI is InChI=1S/C12H20N2OS/c1-2-6-14-12(11-13-7-10-16-11)4-3-8-15-9-5-12/h7,10,14H,2-6,8-9H2,1H3. The molecule has 2 heterocycles. The van der Waals surface area contributed by atoms with E-state index in [2.05, 4.69) is 22.6 Å². The average Bonchev–Trinajstić information content (AvgIpc) is 2.74. The van der Waals surface area contributed by atoms with E-state index in [1.54, 1.807) is 11.3 Å². The van der Waals surface area contributed by atoms with Crippen LogP contribution in [0.5, 0.6) is 0 Å². The van der Waals surface area contributed by atoms with Gasteiger partial charge in [0.1, 0.15) is 5.01 Å². The van der Waals surface area contributed by atoms with Crippen LogP contribution < -0.4 is 5.32 Å². The van der Waals surface area contributed by atoms with E-state index in [4.69, 9.17) is 4.74 Å². The lowest BCUT2D eigenvalue weighted by Gasteiger charge is -2.31. The highest BCUT2D eigenvalue weighted by Crippen LogP contribution is 2.33. The largest absolute Gasteiger partial charge is 0.381 e. The minimum Gasteiger partial charge on any atom is -0.381 e. The van der Waals surface area contributed by atoms with Crippen LogP contribution in [-0.2, 0) is 10.3 Å². The van der Waals surface area contributed by atoms with E-state index in [1.807, 2.05) is 6.20 Å². The van der Waals surface area contributed by atoms with E-state index in [9.17, 15) is 0 Å². The van der Waals surface area contributed by atoms with E-state index in [0.717, 1.165) is 45.4 Å². The van der Waals surface area contributed by atoms with Gasteiger partial charge in [-0.15, -0.1) is 11.3 Å². The molecule has 0 saturated carbocycles. The van der Waals surface area contributed by atoms with Crippen molar-refractivity contribution in [1.29, 1.82) is 0 Å². The van der Waals surface area contributed by atoms with Gasteiger partial charge in [-0.2, -0.15) is 0 Å². The fourth-order valence-electron chi connectivity index (χ4n) is 2.24. The van der Waals surface area contributed by atoms with Gasteiger partial charge in [0.05, 0.1) is 5.54 Å². The summed E-state index contributed by atoms with van der Waals surface area (Å²) in [5, 5.41) is 6.99. The van der Waals surface area contributed by atoms with E-state index in [0.29, 0.717) is 0 Å². The quantitative estimate of drug-likeness (QED) is 0.878. The van der Waals surface area contributed by atoms with Crippen molar-refractivity contribution in [2.24, 2.45) is 0 Å². The van der Waals surface area contributed by atoms with E-state index in [-0.39, 0.29) is 5.54 Å². The highest BCUT2D eigenvalue weighted by molar-refractivity contribution is 7.09. The summed E-state index contributed by atoms with van der Waals surface area (Å²) in [4.78, 5) is 4.51. The monoisotopic (exact) mass is 240 g/mol. The Labute approximate surface area is 101 Å². The molecule has 0 spiro atoms. The number of ether oxygens (including phenoxy) is 1. The third-order valence-electron chi connectivity index (χ3n) is 3.12. The van der Waals surface area contributed by atoms with Crippen molar-refractivity contribution >= 4 is 11.3 Å². The first-order valence-corrected chi connectivity index (χ1v) is 6.98. The summed E-state index contributed by atoms with van der Waals surface area (Å²) in [6.45, 7) is 4.99. The Morgan fingerprint density at radius 3 is 3.19 bits per heavy atom. The molecule has 1 aliphatic rings. The maximum Gasteiger partial charge on any atom is 0.113 e. The second kappa shape index (κ2) is 5.75. The molecule has 16 heavy (non-hydrogen) atoms. The fourth-order valence-corrected chi connectivity index (χ4v) is 3.11. The molecule has 0 amide bonds. The third kappa shape index (κ3) is 2.62. The number of aromatic nitrogens is 1. The van der Waals surface area contributed by atoms with Gasteiger partial charge in [0.25, 0.3) is 0 Å². The Bertz CT molecular complexity index is 292. The second-order valence-electron chi connectivity index (χ2n) is 4.31. The van der Waals surface area contributed by atoms with E-state index < -0.39 is 0 Å². The van der Waals surface area contributed by atoms with Gasteiger partial charge in [0, 0.05) is 24.8 Å². The highest BCUT2D eigenvalue weighted by Gasteiger charge is 2.34. The molecule has 1 aliphatic heterocycles. The van der Waals surface area contributed by atoms with Crippen LogP contribution in [0.3, 0.4) is 0 Å². The molecule has 4 heteroatoms. The van der Waals surface area contributed by atoms with Gasteiger partial charge in [-0.1, -0.05) is 6.92 Å². The number of thiazole rings is 1. The zero-order valence-corrected chi connectivity index (χ0v) is 10.7. The molecule has 1 aromatic rings. The molecule has 1 unspecified atom stereocenters. The first kappa shape index (κ1) is 12.0. The summed E-state index contributed by atoms with van der Waals surface area (Å²) in [6, 6.07) is 0. The van der Waals surface area contributed by atoms with Crippen molar-refractivity contribution < 1.29 is 4.74 Å². The molecule has 1 saturated heterocycles. The molecule has 2 rings (SSSR count). The zero-order valence-electron chi connectivity index (χ0n) is 9.87. The Balaban J connectivity index is 2.16. The van der Waals surface area contributed by atoms with Crippen molar-refractivity contribution in [3.8, 4) is 0 Å². The van der Waals surface area contributed by atoms with E-state index >= 15 is 0 Å². The Hall–Kier alpha value is -0.450. The minimum absolute atomic E-state index is 0.0701. The van der Waals surface area contributed by atoms with Crippen LogP contribution in [0.15, 0.2) is 11.6 Å². The van der Waals surface area contributed by atoms with Gasteiger partial charge >= 0.3 is 0 Å². The Kier molecular flexibility index (Phi) is 4.32. The summed E-state index contributed by atoms with van der Waals surface area (Å²) >= 11 is 1.76. The number of nitrogens with one attached hydrogen (secondary N) is 1. The SMILES string of the molecule is CCCNC1(c2nccs2)CCCOCC1. The van der Waals surface area contributed by atoms with E-state index in [1.165, 1.54) is 5.01 Å². The molecule has 0 aromatic carbocycles. The lowest BCUT2D eigenvalue weighted by atomic mass is 9.91. The summed E-state index contributed by atoms with van der Waals surface area (Å²) in [7, 11) is 0. The molecule has 3 nitrogen and oxygen atoms in total. The molecule has 90 valence electrons. The zero-order chi connectivity index (χ0) is 11.3. The summed E-state index contributed by atoms with van der Waals surface area (Å²) in [5.41, 5.74) is 0.0701. The third-order valence-corrected chi connectivity index (χ3v) is 4.10. The predicted molar refractivity (Wildman–Crippen MR) is 66.8 cm³/mol. The maximum absolute atomic E-state index is 5.56. The van der Waals surface area contributed by atoms with Crippen molar-refractivity contribution in [2.45, 2.75) is 38.1 Å². The molecule has 0 aliphatic carbocycles. The lowest BCUT2D eigenvalue weighted by molar-refractivity contribution is 0.136. The Morgan fingerprint density at radius 2 is 2.44 bits per heavy atom. The van der Waals surface area contributed by atoms with Crippen molar-refractivity contribution in [2.75, 3.05) is 19.8 Å². The highest BCUT2D eigenvalue weighted by atomic mass is 32.1. The normalized spacial score (nSPS) is 26.6. The molecular weight excluding hydrogens is 220 g/mol.